The molecule has 1 aliphatic heterocycles. The Morgan fingerprint density at radius 3 is 2.60 bits per heavy atom. The van der Waals surface area contributed by atoms with Crippen molar-refractivity contribution in [3.63, 3.8) is 0 Å². The number of carbonyl (C=O) groups excluding carboxylic acids is 1. The second kappa shape index (κ2) is 7.09. The molecule has 0 spiro atoms. The van der Waals surface area contributed by atoms with E-state index >= 15 is 0 Å². The van der Waals surface area contributed by atoms with Gasteiger partial charge in [-0.25, -0.2) is 0 Å². The molecule has 112 valence electrons. The minimum Gasteiger partial charge on any atom is -0.341 e. The fourth-order valence-electron chi connectivity index (χ4n) is 2.80. The van der Waals surface area contributed by atoms with E-state index in [-0.39, 0.29) is 29.8 Å². The van der Waals surface area contributed by atoms with Gasteiger partial charge in [0, 0.05) is 24.5 Å². The van der Waals surface area contributed by atoms with E-state index in [9.17, 15) is 4.79 Å². The number of amides is 1. The van der Waals surface area contributed by atoms with E-state index in [0.717, 1.165) is 25.8 Å². The average Bonchev–Trinajstić information content (AvgIpc) is 2.38. The van der Waals surface area contributed by atoms with Crippen LogP contribution in [0.2, 0.25) is 0 Å². The van der Waals surface area contributed by atoms with Crippen LogP contribution in [0.25, 0.3) is 0 Å². The topological polar surface area (TPSA) is 46.3 Å². The van der Waals surface area contributed by atoms with E-state index < -0.39 is 0 Å². The lowest BCUT2D eigenvalue weighted by atomic mass is 9.83. The van der Waals surface area contributed by atoms with Crippen molar-refractivity contribution in [2.45, 2.75) is 39.2 Å². The molecule has 1 heterocycles. The van der Waals surface area contributed by atoms with E-state index in [1.807, 2.05) is 36.9 Å². The zero-order chi connectivity index (χ0) is 13.9. The van der Waals surface area contributed by atoms with E-state index in [1.165, 1.54) is 5.56 Å². The lowest BCUT2D eigenvalue weighted by Gasteiger charge is -2.36. The van der Waals surface area contributed by atoms with Crippen molar-refractivity contribution in [2.24, 2.45) is 11.1 Å². The molecule has 1 aromatic carbocycles. The summed E-state index contributed by atoms with van der Waals surface area (Å²) < 4.78 is 0. The van der Waals surface area contributed by atoms with E-state index in [4.69, 9.17) is 5.73 Å². The van der Waals surface area contributed by atoms with Crippen molar-refractivity contribution >= 4 is 18.3 Å². The Balaban J connectivity index is 0.00000200. The molecule has 1 amide bonds. The van der Waals surface area contributed by atoms with Crippen LogP contribution in [0.1, 0.15) is 32.3 Å². The Morgan fingerprint density at radius 1 is 1.35 bits per heavy atom. The molecule has 1 saturated heterocycles. The summed E-state index contributed by atoms with van der Waals surface area (Å²) in [4.78, 5) is 14.6. The van der Waals surface area contributed by atoms with Crippen LogP contribution >= 0.6 is 12.4 Å². The molecule has 1 fully saturated rings. The number of likely N-dealkylation sites (tertiary alicyclic amines) is 1. The molecule has 0 aliphatic carbocycles. The highest BCUT2D eigenvalue weighted by Gasteiger charge is 2.33. The number of hydrogen-bond donors (Lipinski definition) is 1. The predicted octanol–water partition coefficient (Wildman–Crippen LogP) is 2.63. The monoisotopic (exact) mass is 296 g/mol. The fraction of sp³-hybridized carbons (Fsp3) is 0.562. The first kappa shape index (κ1) is 17.0. The molecule has 1 aliphatic rings. The molecule has 1 atom stereocenters. The normalized spacial score (nSPS) is 19.4. The van der Waals surface area contributed by atoms with Gasteiger partial charge in [0.1, 0.15) is 0 Å². The third-order valence-corrected chi connectivity index (χ3v) is 3.81. The summed E-state index contributed by atoms with van der Waals surface area (Å²) in [5, 5.41) is 0. The molecule has 4 heteroatoms. The molecule has 1 unspecified atom stereocenters. The average molecular weight is 297 g/mol. The standard InChI is InChI=1S/C16H24N2O.ClH/c1-16(2,11-13-7-4-3-5-8-13)15(19)18-10-6-9-14(17)12-18;/h3-5,7-8,14H,6,9-12,17H2,1-2H3;1H. The number of nitrogens with zero attached hydrogens (tertiary/aromatic N) is 1. The van der Waals surface area contributed by atoms with Crippen LogP contribution in [0.15, 0.2) is 30.3 Å². The minimum atomic E-state index is -0.363. The first-order valence-corrected chi connectivity index (χ1v) is 7.08. The largest absolute Gasteiger partial charge is 0.341 e. The molecular weight excluding hydrogens is 272 g/mol. The lowest BCUT2D eigenvalue weighted by molar-refractivity contribution is -0.141. The van der Waals surface area contributed by atoms with E-state index in [2.05, 4.69) is 12.1 Å². The van der Waals surface area contributed by atoms with E-state index in [0.29, 0.717) is 6.54 Å². The molecule has 1 aromatic rings. The second-order valence-corrected chi connectivity index (χ2v) is 6.20. The van der Waals surface area contributed by atoms with E-state index in [1.54, 1.807) is 0 Å². The summed E-state index contributed by atoms with van der Waals surface area (Å²) in [6.45, 7) is 5.62. The molecule has 2 N–H and O–H groups in total. The van der Waals surface area contributed by atoms with Gasteiger partial charge in [-0.1, -0.05) is 44.2 Å². The third-order valence-electron chi connectivity index (χ3n) is 3.81. The molecule has 0 bridgehead atoms. The highest BCUT2D eigenvalue weighted by Crippen LogP contribution is 2.26. The van der Waals surface area contributed by atoms with Gasteiger partial charge in [-0.2, -0.15) is 0 Å². The number of hydrogen-bond acceptors (Lipinski definition) is 2. The smallest absolute Gasteiger partial charge is 0.228 e. The van der Waals surface area contributed by atoms with Crippen LogP contribution in [0, 0.1) is 5.41 Å². The van der Waals surface area contributed by atoms with Crippen LogP contribution in [0.4, 0.5) is 0 Å². The lowest BCUT2D eigenvalue weighted by Crippen LogP contribution is -2.50. The summed E-state index contributed by atoms with van der Waals surface area (Å²) in [6.07, 6.45) is 2.83. The number of benzene rings is 1. The van der Waals surface area contributed by atoms with Crippen molar-refractivity contribution in [3.05, 3.63) is 35.9 Å². The predicted molar refractivity (Wildman–Crippen MR) is 85.0 cm³/mol. The number of halogens is 1. The maximum absolute atomic E-state index is 12.6. The Bertz CT molecular complexity index is 433. The van der Waals surface area contributed by atoms with Crippen molar-refractivity contribution in [2.75, 3.05) is 13.1 Å². The molecule has 0 radical (unpaired) electrons. The molecule has 2 rings (SSSR count). The summed E-state index contributed by atoms with van der Waals surface area (Å²) in [7, 11) is 0. The van der Waals surface area contributed by atoms with Gasteiger partial charge in [-0.05, 0) is 24.8 Å². The number of piperidine rings is 1. The SMILES string of the molecule is CC(C)(Cc1ccccc1)C(=O)N1CCCC(N)C1.Cl. The van der Waals surface area contributed by atoms with Crippen LogP contribution in [0.3, 0.4) is 0 Å². The van der Waals surface area contributed by atoms with Crippen molar-refractivity contribution < 1.29 is 4.79 Å². The fourth-order valence-corrected chi connectivity index (χ4v) is 2.80. The van der Waals surface area contributed by atoms with Crippen LogP contribution < -0.4 is 5.73 Å². The zero-order valence-electron chi connectivity index (χ0n) is 12.3. The van der Waals surface area contributed by atoms with Crippen molar-refractivity contribution in [1.82, 2.24) is 4.90 Å². The van der Waals surface area contributed by atoms with Crippen LogP contribution in [-0.2, 0) is 11.2 Å². The third kappa shape index (κ3) is 4.22. The van der Waals surface area contributed by atoms with Gasteiger partial charge < -0.3 is 10.6 Å². The van der Waals surface area contributed by atoms with Gasteiger partial charge in [0.05, 0.1) is 0 Å². The summed E-state index contributed by atoms with van der Waals surface area (Å²) in [6, 6.07) is 10.3. The number of nitrogens with two attached hydrogens (primary N) is 1. The van der Waals surface area contributed by atoms with Gasteiger partial charge in [-0.15, -0.1) is 12.4 Å². The molecule has 20 heavy (non-hydrogen) atoms. The number of rotatable bonds is 3. The van der Waals surface area contributed by atoms with Crippen molar-refractivity contribution in [1.29, 1.82) is 0 Å². The first-order valence-electron chi connectivity index (χ1n) is 7.08. The highest BCUT2D eigenvalue weighted by atomic mass is 35.5. The molecule has 3 nitrogen and oxygen atoms in total. The van der Waals surface area contributed by atoms with Gasteiger partial charge in [0.15, 0.2) is 0 Å². The molecular formula is C16H25ClN2O. The highest BCUT2D eigenvalue weighted by molar-refractivity contribution is 5.85. The maximum atomic E-state index is 12.6. The van der Waals surface area contributed by atoms with Gasteiger partial charge in [0.25, 0.3) is 0 Å². The zero-order valence-corrected chi connectivity index (χ0v) is 13.2. The first-order chi connectivity index (χ1) is 8.99. The van der Waals surface area contributed by atoms with Crippen molar-refractivity contribution in [3.8, 4) is 0 Å². The van der Waals surface area contributed by atoms with Gasteiger partial charge in [-0.3, -0.25) is 4.79 Å². The Hall–Kier alpha value is -1.06. The number of carbonyl (C=O) groups is 1. The van der Waals surface area contributed by atoms with Gasteiger partial charge >= 0.3 is 0 Å². The van der Waals surface area contributed by atoms with Crippen LogP contribution in [0.5, 0.6) is 0 Å². The Kier molecular flexibility index (Phi) is 6.03. The Labute approximate surface area is 127 Å². The maximum Gasteiger partial charge on any atom is 0.228 e. The van der Waals surface area contributed by atoms with Crippen LogP contribution in [-0.4, -0.2) is 29.9 Å². The molecule has 0 aromatic heterocycles. The summed E-state index contributed by atoms with van der Waals surface area (Å²) in [5.41, 5.74) is 6.81. The molecule has 0 saturated carbocycles. The minimum absolute atomic E-state index is 0. The quantitative estimate of drug-likeness (QED) is 0.932. The van der Waals surface area contributed by atoms with Gasteiger partial charge in [0.2, 0.25) is 5.91 Å². The Morgan fingerprint density at radius 2 is 2.00 bits per heavy atom. The summed E-state index contributed by atoms with van der Waals surface area (Å²) in [5.74, 6) is 0.228. The second-order valence-electron chi connectivity index (χ2n) is 6.20. The summed E-state index contributed by atoms with van der Waals surface area (Å²) >= 11 is 0.